The smallest absolute Gasteiger partial charge is 0.219 e. The van der Waals surface area contributed by atoms with E-state index in [4.69, 9.17) is 9.72 Å². The third kappa shape index (κ3) is 3.60. The van der Waals surface area contributed by atoms with Gasteiger partial charge in [0.25, 0.3) is 0 Å². The highest BCUT2D eigenvalue weighted by molar-refractivity contribution is 5.85. The van der Waals surface area contributed by atoms with Gasteiger partial charge in [-0.25, -0.2) is 4.98 Å². The number of hydrogen-bond acceptors (Lipinski definition) is 3. The molecule has 3 nitrogen and oxygen atoms in total. The van der Waals surface area contributed by atoms with E-state index < -0.39 is 0 Å². The molecule has 2 heterocycles. The Morgan fingerprint density at radius 3 is 2.34 bits per heavy atom. The minimum absolute atomic E-state index is 0.326. The van der Waals surface area contributed by atoms with Crippen LogP contribution in [0.2, 0.25) is 0 Å². The van der Waals surface area contributed by atoms with Gasteiger partial charge in [0.2, 0.25) is 5.88 Å². The molecule has 0 fully saturated rings. The van der Waals surface area contributed by atoms with Crippen LogP contribution in [0.15, 0.2) is 103 Å². The Kier molecular flexibility index (Phi) is 5.00. The summed E-state index contributed by atoms with van der Waals surface area (Å²) in [5.41, 5.74) is 10.3. The van der Waals surface area contributed by atoms with Crippen molar-refractivity contribution in [2.75, 3.05) is 0 Å². The molecule has 0 aliphatic heterocycles. The van der Waals surface area contributed by atoms with Crippen molar-refractivity contribution < 1.29 is 4.74 Å². The van der Waals surface area contributed by atoms with Crippen LogP contribution < -0.4 is 4.74 Å². The molecule has 1 aliphatic carbocycles. The Labute approximate surface area is 206 Å². The first kappa shape index (κ1) is 21.3. The van der Waals surface area contributed by atoms with Gasteiger partial charge in [-0.3, -0.25) is 4.98 Å². The van der Waals surface area contributed by atoms with Crippen molar-refractivity contribution in [1.82, 2.24) is 9.97 Å². The van der Waals surface area contributed by atoms with E-state index >= 15 is 0 Å². The summed E-state index contributed by atoms with van der Waals surface area (Å²) < 4.78 is 6.07. The predicted molar refractivity (Wildman–Crippen MR) is 141 cm³/mol. The normalized spacial score (nSPS) is 16.0. The largest absolute Gasteiger partial charge is 0.439 e. The first-order valence-corrected chi connectivity index (χ1v) is 11.9. The van der Waals surface area contributed by atoms with Gasteiger partial charge in [0.15, 0.2) is 0 Å². The Bertz CT molecular complexity index is 1570. The summed E-state index contributed by atoms with van der Waals surface area (Å²) in [5, 5.41) is 0. The molecule has 6 rings (SSSR count). The zero-order valence-corrected chi connectivity index (χ0v) is 20.1. The molecule has 0 saturated carbocycles. The Morgan fingerprint density at radius 2 is 1.49 bits per heavy atom. The quantitative estimate of drug-likeness (QED) is 0.277. The number of nitrogens with zero attached hydrogens (tertiary/aromatic N) is 2. The van der Waals surface area contributed by atoms with E-state index in [1.165, 1.54) is 27.8 Å². The first-order chi connectivity index (χ1) is 17.0. The second-order valence-electron chi connectivity index (χ2n) is 9.40. The number of aryl methyl sites for hydroxylation is 2. The standard InChI is InChI=1S/C32H26N2O/c1-21-16-17-33-30(18-21)32(3)28-12-5-4-11-26(28)27-15-14-24(20-29(27)32)23-9-7-10-25(19-23)35-31-13-6-8-22(2)34-31/h4-20H,1-3H3. The van der Waals surface area contributed by atoms with Crippen LogP contribution >= 0.6 is 0 Å². The summed E-state index contributed by atoms with van der Waals surface area (Å²) in [4.78, 5) is 9.31. The van der Waals surface area contributed by atoms with Crippen molar-refractivity contribution in [1.29, 1.82) is 0 Å². The van der Waals surface area contributed by atoms with Crippen molar-refractivity contribution in [2.24, 2.45) is 0 Å². The number of benzene rings is 3. The van der Waals surface area contributed by atoms with Crippen LogP contribution in [-0.2, 0) is 5.41 Å². The van der Waals surface area contributed by atoms with Crippen LogP contribution in [0.1, 0.15) is 35.0 Å². The monoisotopic (exact) mass is 454 g/mol. The molecule has 1 aliphatic rings. The molecule has 3 heteroatoms. The van der Waals surface area contributed by atoms with Gasteiger partial charge in [0.05, 0.1) is 11.1 Å². The van der Waals surface area contributed by atoms with Gasteiger partial charge in [-0.15, -0.1) is 0 Å². The van der Waals surface area contributed by atoms with Gasteiger partial charge < -0.3 is 4.74 Å². The van der Waals surface area contributed by atoms with Gasteiger partial charge in [-0.2, -0.15) is 0 Å². The molecule has 170 valence electrons. The molecule has 0 amide bonds. The highest BCUT2D eigenvalue weighted by Crippen LogP contribution is 2.52. The molecular weight excluding hydrogens is 428 g/mol. The van der Waals surface area contributed by atoms with Crippen molar-refractivity contribution in [3.63, 3.8) is 0 Å². The third-order valence-electron chi connectivity index (χ3n) is 6.99. The van der Waals surface area contributed by atoms with Gasteiger partial charge in [-0.05, 0) is 96.1 Å². The second kappa shape index (κ2) is 8.21. The predicted octanol–water partition coefficient (Wildman–Crippen LogP) is 7.89. The van der Waals surface area contributed by atoms with Gasteiger partial charge in [-0.1, -0.05) is 54.6 Å². The average molecular weight is 455 g/mol. The van der Waals surface area contributed by atoms with Crippen LogP contribution in [0.3, 0.4) is 0 Å². The molecule has 0 saturated heterocycles. The minimum atomic E-state index is -0.326. The fraction of sp³-hybridized carbons (Fsp3) is 0.125. The molecule has 3 aromatic carbocycles. The van der Waals surface area contributed by atoms with Crippen molar-refractivity contribution in [3.8, 4) is 33.9 Å². The number of aromatic nitrogens is 2. The lowest BCUT2D eigenvalue weighted by Crippen LogP contribution is -2.24. The van der Waals surface area contributed by atoms with E-state index in [1.807, 2.05) is 43.5 Å². The highest BCUT2D eigenvalue weighted by atomic mass is 16.5. The Morgan fingerprint density at radius 1 is 0.686 bits per heavy atom. The fourth-order valence-corrected chi connectivity index (χ4v) is 5.19. The van der Waals surface area contributed by atoms with E-state index in [-0.39, 0.29) is 5.41 Å². The first-order valence-electron chi connectivity index (χ1n) is 11.9. The minimum Gasteiger partial charge on any atom is -0.439 e. The van der Waals surface area contributed by atoms with Crippen LogP contribution in [-0.4, -0.2) is 9.97 Å². The maximum absolute atomic E-state index is 6.07. The van der Waals surface area contributed by atoms with Crippen molar-refractivity contribution in [2.45, 2.75) is 26.2 Å². The van der Waals surface area contributed by atoms with E-state index in [0.717, 1.165) is 28.3 Å². The van der Waals surface area contributed by atoms with Gasteiger partial charge in [0.1, 0.15) is 5.75 Å². The molecule has 0 spiro atoms. The number of hydrogen-bond donors (Lipinski definition) is 0. The number of rotatable bonds is 4. The molecular formula is C32H26N2O. The lowest BCUT2D eigenvalue weighted by atomic mass is 9.76. The zero-order valence-electron chi connectivity index (χ0n) is 20.1. The molecule has 1 atom stereocenters. The number of fused-ring (bicyclic) bond motifs is 3. The van der Waals surface area contributed by atoms with Crippen LogP contribution in [0, 0.1) is 13.8 Å². The summed E-state index contributed by atoms with van der Waals surface area (Å²) >= 11 is 0. The summed E-state index contributed by atoms with van der Waals surface area (Å²) in [7, 11) is 0. The Hall–Kier alpha value is -4.24. The van der Waals surface area contributed by atoms with E-state index in [1.54, 1.807) is 0 Å². The highest BCUT2D eigenvalue weighted by Gasteiger charge is 2.41. The average Bonchev–Trinajstić information content (AvgIpc) is 3.13. The Balaban J connectivity index is 1.46. The number of ether oxygens (including phenoxy) is 1. The molecule has 35 heavy (non-hydrogen) atoms. The molecule has 0 radical (unpaired) electrons. The summed E-state index contributed by atoms with van der Waals surface area (Å²) in [6.45, 7) is 6.39. The van der Waals surface area contributed by atoms with Gasteiger partial charge >= 0.3 is 0 Å². The molecule has 0 bridgehead atoms. The lowest BCUT2D eigenvalue weighted by Gasteiger charge is -2.27. The summed E-state index contributed by atoms with van der Waals surface area (Å²) in [6, 6.07) is 33.8. The second-order valence-corrected chi connectivity index (χ2v) is 9.40. The SMILES string of the molecule is Cc1ccnc(C2(C)c3ccccc3-c3ccc(-c4cccc(Oc5cccc(C)n5)c4)cc32)c1. The van der Waals surface area contributed by atoms with Gasteiger partial charge in [0, 0.05) is 18.0 Å². The van der Waals surface area contributed by atoms with Crippen LogP contribution in [0.4, 0.5) is 0 Å². The van der Waals surface area contributed by atoms with Crippen molar-refractivity contribution in [3.05, 3.63) is 131 Å². The molecule has 1 unspecified atom stereocenters. The van der Waals surface area contributed by atoms with Crippen molar-refractivity contribution >= 4 is 0 Å². The number of pyridine rings is 2. The summed E-state index contributed by atoms with van der Waals surface area (Å²) in [6.07, 6.45) is 1.92. The fourth-order valence-electron chi connectivity index (χ4n) is 5.19. The summed E-state index contributed by atoms with van der Waals surface area (Å²) in [5.74, 6) is 1.37. The third-order valence-corrected chi connectivity index (χ3v) is 6.99. The maximum Gasteiger partial charge on any atom is 0.219 e. The van der Waals surface area contributed by atoms with E-state index in [0.29, 0.717) is 5.88 Å². The topological polar surface area (TPSA) is 35.0 Å². The van der Waals surface area contributed by atoms with Crippen LogP contribution in [0.25, 0.3) is 22.3 Å². The molecule has 0 N–H and O–H groups in total. The zero-order chi connectivity index (χ0) is 24.0. The maximum atomic E-state index is 6.07. The van der Waals surface area contributed by atoms with E-state index in [9.17, 15) is 0 Å². The van der Waals surface area contributed by atoms with E-state index in [2.05, 4.69) is 85.6 Å². The molecule has 2 aromatic heterocycles. The van der Waals surface area contributed by atoms with Crippen LogP contribution in [0.5, 0.6) is 11.6 Å². The lowest BCUT2D eigenvalue weighted by molar-refractivity contribution is 0.462. The molecule has 5 aromatic rings.